The minimum atomic E-state index is -4.50. The van der Waals surface area contributed by atoms with Crippen LogP contribution in [0.3, 0.4) is 0 Å². The molecule has 1 atom stereocenters. The molecule has 0 bridgehead atoms. The highest BCUT2D eigenvalue weighted by Crippen LogP contribution is 2.28. The van der Waals surface area contributed by atoms with Gasteiger partial charge in [0.05, 0.1) is 0 Å². The zero-order valence-corrected chi connectivity index (χ0v) is 12.2. The number of carbonyl (C=O) groups excluding carboxylic acids is 1. The van der Waals surface area contributed by atoms with E-state index >= 15 is 0 Å². The van der Waals surface area contributed by atoms with Crippen molar-refractivity contribution in [3.63, 3.8) is 0 Å². The van der Waals surface area contributed by atoms with Crippen molar-refractivity contribution in [3.8, 4) is 11.5 Å². The second-order valence-electron chi connectivity index (χ2n) is 4.51. The van der Waals surface area contributed by atoms with E-state index in [1.54, 1.807) is 6.92 Å². The molecule has 0 saturated carbocycles. The average Bonchev–Trinajstić information content (AvgIpc) is 2.48. The number of hydrogen-bond donors (Lipinski definition) is 2. The van der Waals surface area contributed by atoms with Crippen LogP contribution in [0.15, 0.2) is 24.3 Å². The van der Waals surface area contributed by atoms with Crippen LogP contribution in [-0.2, 0) is 9.59 Å². The lowest BCUT2D eigenvalue weighted by molar-refractivity contribution is -0.153. The lowest BCUT2D eigenvalue weighted by Gasteiger charge is -2.15. The standard InChI is InChI=1S/C14H16F3NO5/c1-2-9(13(20)21)18-12(19)7-22-10-5-3-4-6-11(10)23-8-14(15,16)17/h3-6,9H,2,7-8H2,1H3,(H,18,19)(H,20,21). The Hall–Kier alpha value is -2.45. The lowest BCUT2D eigenvalue weighted by Crippen LogP contribution is -2.42. The van der Waals surface area contributed by atoms with Gasteiger partial charge in [-0.25, -0.2) is 4.79 Å². The highest BCUT2D eigenvalue weighted by atomic mass is 19.4. The molecule has 23 heavy (non-hydrogen) atoms. The van der Waals surface area contributed by atoms with Gasteiger partial charge in [-0.1, -0.05) is 19.1 Å². The molecule has 1 unspecified atom stereocenters. The van der Waals surface area contributed by atoms with Gasteiger partial charge in [-0.15, -0.1) is 0 Å². The van der Waals surface area contributed by atoms with Crippen LogP contribution in [0.25, 0.3) is 0 Å². The first kappa shape index (κ1) is 18.6. The maximum absolute atomic E-state index is 12.2. The predicted octanol–water partition coefficient (Wildman–Crippen LogP) is 1.99. The molecule has 9 heteroatoms. The summed E-state index contributed by atoms with van der Waals surface area (Å²) < 4.78 is 46.2. The fourth-order valence-corrected chi connectivity index (χ4v) is 1.57. The molecular weight excluding hydrogens is 319 g/mol. The molecule has 1 rings (SSSR count). The van der Waals surface area contributed by atoms with Gasteiger partial charge in [-0.05, 0) is 18.6 Å². The summed E-state index contributed by atoms with van der Waals surface area (Å²) in [7, 11) is 0. The summed E-state index contributed by atoms with van der Waals surface area (Å²) in [5.74, 6) is -2.10. The van der Waals surface area contributed by atoms with Crippen LogP contribution in [0.1, 0.15) is 13.3 Å². The number of aliphatic carboxylic acids is 1. The first-order valence-corrected chi connectivity index (χ1v) is 6.66. The van der Waals surface area contributed by atoms with E-state index in [4.69, 9.17) is 9.84 Å². The lowest BCUT2D eigenvalue weighted by atomic mass is 10.2. The Morgan fingerprint density at radius 2 is 1.78 bits per heavy atom. The van der Waals surface area contributed by atoms with Gasteiger partial charge in [0.1, 0.15) is 6.04 Å². The number of nitrogens with one attached hydrogen (secondary N) is 1. The summed E-state index contributed by atoms with van der Waals surface area (Å²) in [5.41, 5.74) is 0. The Morgan fingerprint density at radius 1 is 1.22 bits per heavy atom. The van der Waals surface area contributed by atoms with Gasteiger partial charge in [-0.3, -0.25) is 4.79 Å². The molecule has 128 valence electrons. The molecule has 0 spiro atoms. The number of benzene rings is 1. The van der Waals surface area contributed by atoms with Gasteiger partial charge in [-0.2, -0.15) is 13.2 Å². The van der Waals surface area contributed by atoms with E-state index in [2.05, 4.69) is 10.1 Å². The highest BCUT2D eigenvalue weighted by molar-refractivity contribution is 5.84. The summed E-state index contributed by atoms with van der Waals surface area (Å²) >= 11 is 0. The molecular formula is C14H16F3NO5. The zero-order valence-electron chi connectivity index (χ0n) is 12.2. The smallest absolute Gasteiger partial charge is 0.422 e. The van der Waals surface area contributed by atoms with E-state index < -0.39 is 37.3 Å². The van der Waals surface area contributed by atoms with Crippen molar-refractivity contribution in [3.05, 3.63) is 24.3 Å². The van der Waals surface area contributed by atoms with Crippen LogP contribution in [-0.4, -0.2) is 42.4 Å². The van der Waals surface area contributed by atoms with Gasteiger partial charge in [0, 0.05) is 0 Å². The largest absolute Gasteiger partial charge is 0.480 e. The van der Waals surface area contributed by atoms with Crippen LogP contribution in [0.4, 0.5) is 13.2 Å². The summed E-state index contributed by atoms with van der Waals surface area (Å²) in [4.78, 5) is 22.4. The number of para-hydroxylation sites is 2. The SMILES string of the molecule is CCC(NC(=O)COc1ccccc1OCC(F)(F)F)C(=O)O. The molecule has 0 aliphatic rings. The monoisotopic (exact) mass is 335 g/mol. The molecule has 2 N–H and O–H groups in total. The first-order chi connectivity index (χ1) is 10.7. The van der Waals surface area contributed by atoms with Gasteiger partial charge in [0.2, 0.25) is 0 Å². The van der Waals surface area contributed by atoms with Gasteiger partial charge in [0.15, 0.2) is 24.7 Å². The second-order valence-corrected chi connectivity index (χ2v) is 4.51. The number of halogens is 3. The van der Waals surface area contributed by atoms with Crippen molar-refractivity contribution >= 4 is 11.9 Å². The number of alkyl halides is 3. The molecule has 0 radical (unpaired) electrons. The fourth-order valence-electron chi connectivity index (χ4n) is 1.57. The molecule has 6 nitrogen and oxygen atoms in total. The third-order valence-electron chi connectivity index (χ3n) is 2.64. The maximum Gasteiger partial charge on any atom is 0.422 e. The number of amides is 1. The molecule has 1 amide bonds. The summed E-state index contributed by atoms with van der Waals surface area (Å²) in [6.45, 7) is -0.452. The predicted molar refractivity (Wildman–Crippen MR) is 73.3 cm³/mol. The first-order valence-electron chi connectivity index (χ1n) is 6.66. The van der Waals surface area contributed by atoms with Crippen LogP contribution in [0.5, 0.6) is 11.5 Å². The van der Waals surface area contributed by atoms with Gasteiger partial charge >= 0.3 is 12.1 Å². The second kappa shape index (κ2) is 8.25. The van der Waals surface area contributed by atoms with Crippen molar-refractivity contribution in [1.82, 2.24) is 5.32 Å². The number of ether oxygens (including phenoxy) is 2. The van der Waals surface area contributed by atoms with E-state index in [-0.39, 0.29) is 17.9 Å². The number of carboxylic acids is 1. The van der Waals surface area contributed by atoms with Crippen molar-refractivity contribution in [2.24, 2.45) is 0 Å². The zero-order chi connectivity index (χ0) is 17.5. The van der Waals surface area contributed by atoms with Crippen LogP contribution in [0, 0.1) is 0 Å². The molecule has 0 aromatic heterocycles. The Balaban J connectivity index is 2.60. The topological polar surface area (TPSA) is 84.9 Å². The maximum atomic E-state index is 12.2. The third-order valence-corrected chi connectivity index (χ3v) is 2.64. The van der Waals surface area contributed by atoms with Gasteiger partial charge < -0.3 is 19.9 Å². The van der Waals surface area contributed by atoms with E-state index in [0.717, 1.165) is 0 Å². The summed E-state index contributed by atoms with van der Waals surface area (Å²) in [5, 5.41) is 11.0. The fraction of sp³-hybridized carbons (Fsp3) is 0.429. The van der Waals surface area contributed by atoms with E-state index in [1.807, 2.05) is 0 Å². The molecule has 1 aromatic rings. The summed E-state index contributed by atoms with van der Waals surface area (Å²) in [6.07, 6.45) is -4.31. The van der Waals surface area contributed by atoms with Crippen molar-refractivity contribution in [2.75, 3.05) is 13.2 Å². The Labute approximate surface area is 130 Å². The average molecular weight is 335 g/mol. The van der Waals surface area contributed by atoms with E-state index in [1.165, 1.54) is 24.3 Å². The van der Waals surface area contributed by atoms with Crippen molar-refractivity contribution in [2.45, 2.75) is 25.6 Å². The molecule has 0 heterocycles. The van der Waals surface area contributed by atoms with E-state index in [0.29, 0.717) is 0 Å². The quantitative estimate of drug-likeness (QED) is 0.759. The van der Waals surface area contributed by atoms with Crippen LogP contribution >= 0.6 is 0 Å². The van der Waals surface area contributed by atoms with Crippen LogP contribution < -0.4 is 14.8 Å². The molecule has 1 aromatic carbocycles. The minimum Gasteiger partial charge on any atom is -0.480 e. The highest BCUT2D eigenvalue weighted by Gasteiger charge is 2.29. The Bertz CT molecular complexity index is 547. The number of carbonyl (C=O) groups is 2. The Kier molecular flexibility index (Phi) is 6.67. The number of hydrogen-bond acceptors (Lipinski definition) is 4. The molecule has 0 saturated heterocycles. The molecule has 0 aliphatic heterocycles. The van der Waals surface area contributed by atoms with Crippen LogP contribution in [0.2, 0.25) is 0 Å². The number of carboxylic acid groups (broad SMARTS) is 1. The summed E-state index contributed by atoms with van der Waals surface area (Å²) in [6, 6.07) is 4.51. The van der Waals surface area contributed by atoms with Crippen molar-refractivity contribution < 1.29 is 37.3 Å². The Morgan fingerprint density at radius 3 is 2.26 bits per heavy atom. The minimum absolute atomic E-state index is 0.0460. The third kappa shape index (κ3) is 6.90. The molecule has 0 fully saturated rings. The number of rotatable bonds is 8. The molecule has 0 aliphatic carbocycles. The van der Waals surface area contributed by atoms with Crippen molar-refractivity contribution in [1.29, 1.82) is 0 Å². The van der Waals surface area contributed by atoms with E-state index in [9.17, 15) is 22.8 Å². The normalized spacial score (nSPS) is 12.3. The van der Waals surface area contributed by atoms with Gasteiger partial charge in [0.25, 0.3) is 5.91 Å².